The minimum absolute atomic E-state index is 0. The molecule has 14 nitrogen and oxygen atoms in total. The molecule has 4 fully saturated rings. The standard InChI is InChI=1S/2C14H18N2O2.C13H18N2O.C7H13N3.BH.ClH.H/c2*1-13(2)11-5-6-16(9-17)8-14(11,3)7-10(15-4)12(13)18;1-12(2)10-5-6-15-8-13(10,3)7-9(14-4)11(12)16;1-3-8-7-9-4-2-6-10(7)5-1;;;/h2*7,9,11H,5-6,8H2,1-3H3;7,10,15H,5-6,8H2,1-3H3;1-6H2,(H,8,9);2*1H;/q;;;;;;-1/t2*11-,14+;10-,13+;;;;/m100..../s1/i;;;;1T;;1+1. The van der Waals surface area contributed by atoms with Crippen molar-refractivity contribution in [3.05, 3.63) is 69.6 Å². The largest absolute Gasteiger partial charge is 1.00 e. The van der Waals surface area contributed by atoms with Gasteiger partial charge in [0.05, 0.1) is 19.7 Å². The average Bonchev–Trinajstić information content (AvgIpc) is 3.28. The molecule has 0 bridgehead atoms. The Hall–Kier alpha value is -4.78. The molecule has 64 heavy (non-hydrogen) atoms. The average molecular weight is 902 g/mol. The molecular weight excluding hydrogens is 829 g/mol. The summed E-state index contributed by atoms with van der Waals surface area (Å²) in [5, 5.41) is 6.66. The van der Waals surface area contributed by atoms with Crippen molar-refractivity contribution in [3.8, 4) is 0 Å². The summed E-state index contributed by atoms with van der Waals surface area (Å²) in [5.74, 6) is 1.78. The van der Waals surface area contributed by atoms with Crippen molar-refractivity contribution in [2.24, 2.45) is 55.2 Å². The van der Waals surface area contributed by atoms with Crippen LogP contribution < -0.4 is 10.6 Å². The highest BCUT2D eigenvalue weighted by Gasteiger charge is 2.55. The van der Waals surface area contributed by atoms with E-state index in [0.717, 1.165) is 64.2 Å². The zero-order valence-electron chi connectivity index (χ0n) is 41.4. The van der Waals surface area contributed by atoms with Gasteiger partial charge in [0.25, 0.3) is 0 Å². The Balaban J connectivity index is 0.000000300. The molecule has 8 aliphatic rings. The van der Waals surface area contributed by atoms with Crippen molar-refractivity contribution in [2.75, 3.05) is 65.4 Å². The first-order valence-electron chi connectivity index (χ1n) is 22.7. The number of aliphatic imine (C=N–C) groups is 1. The smallest absolute Gasteiger partial charge is 0.226 e. The van der Waals surface area contributed by atoms with Gasteiger partial charge in [-0.15, -0.1) is 12.4 Å². The molecule has 6 atom stereocenters. The molecular formula is C48H70BClN9O5-. The van der Waals surface area contributed by atoms with Crippen molar-refractivity contribution in [1.82, 2.24) is 25.3 Å². The van der Waals surface area contributed by atoms with Crippen molar-refractivity contribution >= 4 is 56.9 Å². The van der Waals surface area contributed by atoms with E-state index >= 15 is 0 Å². The number of nitrogens with zero attached hydrogens (tertiary/aromatic N) is 7. The number of amides is 2. The Morgan fingerprint density at radius 3 is 1.48 bits per heavy atom. The highest BCUT2D eigenvalue weighted by molar-refractivity contribution is 6.03. The van der Waals surface area contributed by atoms with Crippen LogP contribution in [0.3, 0.4) is 0 Å². The second-order valence-corrected chi connectivity index (χ2v) is 20.8. The molecule has 0 aromatic rings. The minimum atomic E-state index is -0.516. The van der Waals surface area contributed by atoms with E-state index in [1.807, 2.05) is 61.5 Å². The van der Waals surface area contributed by atoms with Crippen LogP contribution in [-0.4, -0.2) is 126 Å². The lowest BCUT2D eigenvalue weighted by molar-refractivity contribution is -0.135. The zero-order chi connectivity index (χ0) is 47.9. The van der Waals surface area contributed by atoms with Gasteiger partial charge in [0.2, 0.25) is 29.9 Å². The molecule has 5 heterocycles. The van der Waals surface area contributed by atoms with Gasteiger partial charge in [-0.2, -0.15) is 0 Å². The Bertz CT molecular complexity index is 2000. The predicted molar refractivity (Wildman–Crippen MR) is 254 cm³/mol. The summed E-state index contributed by atoms with van der Waals surface area (Å²) in [7, 11) is 3.75. The Morgan fingerprint density at radius 1 is 0.672 bits per heavy atom. The van der Waals surface area contributed by atoms with Gasteiger partial charge in [-0.25, -0.2) is 14.5 Å². The lowest BCUT2D eigenvalue weighted by Crippen LogP contribution is -2.55. The van der Waals surface area contributed by atoms with Gasteiger partial charge >= 0.3 is 0 Å². The first-order chi connectivity index (χ1) is 30.1. The number of piperidine rings is 3. The van der Waals surface area contributed by atoms with Crippen molar-refractivity contribution < 1.29 is 25.4 Å². The zero-order valence-corrected chi connectivity index (χ0v) is 40.2. The molecule has 16 heteroatoms. The maximum atomic E-state index is 12.3. The lowest BCUT2D eigenvalue weighted by Gasteiger charge is -2.52. The number of carbonyl (C=O) groups excluding carboxylic acids is 5. The van der Waals surface area contributed by atoms with E-state index in [1.54, 1.807) is 22.0 Å². The number of allylic oxidation sites excluding steroid dienone is 3. The van der Waals surface area contributed by atoms with Gasteiger partial charge in [0.1, 0.15) is 0 Å². The van der Waals surface area contributed by atoms with Crippen LogP contribution in [0.2, 0.25) is 0 Å². The molecule has 0 spiro atoms. The number of nitrogens with one attached hydrogen (secondary N) is 2. The lowest BCUT2D eigenvalue weighted by atomic mass is 9.55. The Morgan fingerprint density at radius 2 is 1.08 bits per heavy atom. The van der Waals surface area contributed by atoms with Gasteiger partial charge < -0.3 is 41.1 Å². The SMILES string of the molecule is C1CN=C2NCCCN2C1.Cl.[2H-].[3H][B].[C-]#[N+]C1=C[C@@]2(C)CN(C=O)CC[C@@H]2C(C)(C)C1=O.[C-]#[N+]C1=C[C@]2(C)CN(C=O)CC[C@H]2C(C)(C)C1=O.[C-]#[N+]C1=C[C@]2(C)CNCC[C@H]2C(C)(C)C1=O. The monoisotopic (exact) mass is 902 g/mol. The highest BCUT2D eigenvalue weighted by atomic mass is 35.5. The van der Waals surface area contributed by atoms with Crippen molar-refractivity contribution in [2.45, 2.75) is 94.4 Å². The van der Waals surface area contributed by atoms with E-state index in [2.05, 4.69) is 50.4 Å². The van der Waals surface area contributed by atoms with Crippen LogP contribution in [-0.2, 0) is 24.0 Å². The van der Waals surface area contributed by atoms with Gasteiger partial charge in [0, 0.05) is 83.5 Å². The maximum Gasteiger partial charge on any atom is 0.226 e. The third-order valence-electron chi connectivity index (χ3n) is 15.2. The topological polar surface area (TPSA) is 145 Å². The third-order valence-corrected chi connectivity index (χ3v) is 15.2. The van der Waals surface area contributed by atoms with Crippen molar-refractivity contribution in [3.63, 3.8) is 0 Å². The summed E-state index contributed by atoms with van der Waals surface area (Å²) in [6, 6.07) is 0. The normalized spacial score (nSPS) is 32.6. The molecule has 2 N–H and O–H groups in total. The third kappa shape index (κ3) is 10.3. The van der Waals surface area contributed by atoms with E-state index in [-0.39, 0.29) is 70.7 Å². The molecule has 348 valence electrons. The molecule has 2 radical (unpaired) electrons. The molecule has 4 saturated heterocycles. The number of hydrogen-bond donors (Lipinski definition) is 2. The fourth-order valence-corrected chi connectivity index (χ4v) is 12.1. The molecule has 2 amide bonds. The van der Waals surface area contributed by atoms with Crippen LogP contribution in [0.25, 0.3) is 14.5 Å². The minimum Gasteiger partial charge on any atom is -1.00 e. The summed E-state index contributed by atoms with van der Waals surface area (Å²) in [6.45, 7) is 48.3. The number of Topliss-reactive ketones (excluding diaryl/α,β-unsaturated/α-hetero) is 3. The van der Waals surface area contributed by atoms with Gasteiger partial charge in [-0.05, 0) is 74.0 Å². The molecule has 0 saturated carbocycles. The molecule has 0 unspecified atom stereocenters. The fourth-order valence-electron chi connectivity index (χ4n) is 12.1. The fraction of sp³-hybridized carbons (Fsp3) is 0.688. The van der Waals surface area contributed by atoms with Crippen LogP contribution >= 0.6 is 12.4 Å². The van der Waals surface area contributed by atoms with E-state index in [0.29, 0.717) is 37.8 Å². The molecule has 5 aliphatic heterocycles. The first-order valence-corrected chi connectivity index (χ1v) is 22.2. The van der Waals surface area contributed by atoms with E-state index in [1.165, 1.54) is 25.9 Å². The molecule has 0 aromatic heterocycles. The van der Waals surface area contributed by atoms with E-state index < -0.39 is 16.2 Å². The first kappa shape index (κ1) is 51.9. The predicted octanol–water partition coefficient (Wildman–Crippen LogP) is 5.71. The molecule has 8 rings (SSSR count). The molecule has 3 aliphatic carbocycles. The number of halogens is 1. The summed E-state index contributed by atoms with van der Waals surface area (Å²) in [5.41, 5.74) is -1.23. The van der Waals surface area contributed by atoms with Gasteiger partial charge in [-0.3, -0.25) is 14.6 Å². The number of rotatable bonds is 2. The number of likely N-dealkylation sites (tertiary alicyclic amines) is 2. The van der Waals surface area contributed by atoms with Gasteiger partial charge in [0.15, 0.2) is 23.3 Å². The van der Waals surface area contributed by atoms with Gasteiger partial charge in [-0.1, -0.05) is 80.5 Å². The summed E-state index contributed by atoms with van der Waals surface area (Å²) >= 11 is 0. The van der Waals surface area contributed by atoms with E-state index in [9.17, 15) is 24.0 Å². The summed E-state index contributed by atoms with van der Waals surface area (Å²) < 4.78 is 5.25. The maximum absolute atomic E-state index is 12.3. The van der Waals surface area contributed by atoms with Crippen LogP contribution in [0, 0.1) is 70.0 Å². The Kier molecular flexibility index (Phi) is 16.7. The number of guanidine groups is 1. The summed E-state index contributed by atoms with van der Waals surface area (Å²) in [6.07, 6.45) is 12.3. The van der Waals surface area contributed by atoms with Crippen LogP contribution in [0.4, 0.5) is 0 Å². The van der Waals surface area contributed by atoms with Crippen molar-refractivity contribution in [1.29, 1.82) is 1.34 Å². The highest BCUT2D eigenvalue weighted by Crippen LogP contribution is 2.54. The van der Waals surface area contributed by atoms with Crippen LogP contribution in [0.1, 0.15) is 95.8 Å². The second-order valence-electron chi connectivity index (χ2n) is 20.8. The number of ketones is 3. The van der Waals surface area contributed by atoms with Crippen LogP contribution in [0.15, 0.2) is 40.3 Å². The van der Waals surface area contributed by atoms with E-state index in [4.69, 9.17) is 21.1 Å². The quantitative estimate of drug-likeness (QED) is 0.204. The number of fused-ring (bicyclic) bond motifs is 4. The molecule has 0 aromatic carbocycles. The summed E-state index contributed by atoms with van der Waals surface area (Å²) in [4.78, 5) is 78.9. The number of hydrogen-bond acceptors (Lipinski definition) is 9. The second kappa shape index (κ2) is 20.6. The number of carbonyl (C=O) groups is 5. The Labute approximate surface area is 392 Å². The van der Waals surface area contributed by atoms with Crippen LogP contribution in [0.5, 0.6) is 0 Å².